The van der Waals surface area contributed by atoms with Crippen molar-refractivity contribution < 1.29 is 4.79 Å². The Bertz CT molecular complexity index is 574. The number of hydrogen-bond acceptors (Lipinski definition) is 3. The van der Waals surface area contributed by atoms with Crippen LogP contribution in [0.2, 0.25) is 0 Å². The third-order valence-corrected chi connectivity index (χ3v) is 4.84. The number of nitriles is 1. The van der Waals surface area contributed by atoms with Crippen molar-refractivity contribution in [1.82, 2.24) is 15.1 Å². The first-order chi connectivity index (χ1) is 9.92. The molecule has 0 aromatic carbocycles. The van der Waals surface area contributed by atoms with Gasteiger partial charge in [-0.15, -0.1) is 0 Å². The maximum absolute atomic E-state index is 12.6. The maximum Gasteiger partial charge on any atom is 0.256 e. The molecule has 1 heterocycles. The molecule has 5 heteroatoms. The van der Waals surface area contributed by atoms with Crippen LogP contribution in [0.25, 0.3) is 0 Å². The van der Waals surface area contributed by atoms with Crippen LogP contribution in [0, 0.1) is 31.1 Å². The number of nitrogens with zero attached hydrogens (tertiary/aromatic N) is 3. The molecule has 0 radical (unpaired) electrons. The van der Waals surface area contributed by atoms with Crippen LogP contribution in [0.3, 0.4) is 0 Å². The van der Waals surface area contributed by atoms with Crippen molar-refractivity contribution >= 4 is 5.91 Å². The molecule has 0 aliphatic heterocycles. The molecule has 21 heavy (non-hydrogen) atoms. The third-order valence-electron chi connectivity index (χ3n) is 4.84. The molecular weight excluding hydrogens is 264 g/mol. The predicted molar refractivity (Wildman–Crippen MR) is 80.7 cm³/mol. The minimum atomic E-state index is -0.711. The highest BCUT2D eigenvalue weighted by atomic mass is 16.1. The van der Waals surface area contributed by atoms with Crippen molar-refractivity contribution in [2.75, 3.05) is 0 Å². The smallest absolute Gasteiger partial charge is 0.256 e. The summed E-state index contributed by atoms with van der Waals surface area (Å²) in [6.07, 6.45) is 4.65. The standard InChI is InChI=1S/C16H24N4O/c1-5-13-6-8-16(10-17,9-7-13)18-15(21)14-11(2)19-20(4)12(14)3/h13H,5-9H2,1-4H3,(H,18,21). The van der Waals surface area contributed by atoms with Gasteiger partial charge in [-0.2, -0.15) is 10.4 Å². The van der Waals surface area contributed by atoms with E-state index in [0.717, 1.165) is 37.8 Å². The molecule has 2 rings (SSSR count). The van der Waals surface area contributed by atoms with Gasteiger partial charge in [0.05, 0.1) is 17.3 Å². The Morgan fingerprint density at radius 3 is 2.52 bits per heavy atom. The molecule has 1 N–H and O–H groups in total. The van der Waals surface area contributed by atoms with Crippen molar-refractivity contribution in [3.05, 3.63) is 17.0 Å². The van der Waals surface area contributed by atoms with Crippen LogP contribution < -0.4 is 5.32 Å². The van der Waals surface area contributed by atoms with E-state index in [-0.39, 0.29) is 5.91 Å². The first-order valence-corrected chi connectivity index (χ1v) is 7.66. The summed E-state index contributed by atoms with van der Waals surface area (Å²) in [4.78, 5) is 12.6. The third kappa shape index (κ3) is 2.94. The number of nitrogens with one attached hydrogen (secondary N) is 1. The highest BCUT2D eigenvalue weighted by Crippen LogP contribution is 2.33. The van der Waals surface area contributed by atoms with Gasteiger partial charge in [-0.05, 0) is 45.4 Å². The summed E-state index contributed by atoms with van der Waals surface area (Å²) >= 11 is 0. The number of carbonyl (C=O) groups is 1. The van der Waals surface area contributed by atoms with Gasteiger partial charge in [0.15, 0.2) is 0 Å². The van der Waals surface area contributed by atoms with Crippen LogP contribution in [0.1, 0.15) is 60.8 Å². The number of aromatic nitrogens is 2. The highest BCUT2D eigenvalue weighted by Gasteiger charge is 2.37. The van der Waals surface area contributed by atoms with Gasteiger partial charge in [-0.1, -0.05) is 13.3 Å². The molecule has 1 amide bonds. The second-order valence-corrected chi connectivity index (χ2v) is 6.17. The molecule has 0 bridgehead atoms. The number of rotatable bonds is 3. The minimum absolute atomic E-state index is 0.172. The fraction of sp³-hybridized carbons (Fsp3) is 0.688. The molecule has 1 aromatic heterocycles. The van der Waals surface area contributed by atoms with Crippen molar-refractivity contribution in [3.8, 4) is 6.07 Å². The van der Waals surface area contributed by atoms with Crippen LogP contribution in [-0.2, 0) is 7.05 Å². The van der Waals surface area contributed by atoms with Gasteiger partial charge in [-0.25, -0.2) is 0 Å². The molecule has 1 saturated carbocycles. The average Bonchev–Trinajstić information content (AvgIpc) is 2.73. The zero-order valence-corrected chi connectivity index (χ0v) is 13.4. The van der Waals surface area contributed by atoms with Crippen LogP contribution in [0.5, 0.6) is 0 Å². The molecule has 1 fully saturated rings. The van der Waals surface area contributed by atoms with Gasteiger partial charge < -0.3 is 5.32 Å². The topological polar surface area (TPSA) is 70.7 Å². The molecule has 1 aliphatic rings. The van der Waals surface area contributed by atoms with E-state index in [0.29, 0.717) is 17.2 Å². The number of carbonyl (C=O) groups excluding carboxylic acids is 1. The summed E-state index contributed by atoms with van der Waals surface area (Å²) in [5, 5.41) is 16.8. The Labute approximate surface area is 126 Å². The zero-order chi connectivity index (χ0) is 15.6. The summed E-state index contributed by atoms with van der Waals surface area (Å²) in [6.45, 7) is 5.89. The van der Waals surface area contributed by atoms with Crippen LogP contribution >= 0.6 is 0 Å². The minimum Gasteiger partial charge on any atom is -0.334 e. The quantitative estimate of drug-likeness (QED) is 0.929. The van der Waals surface area contributed by atoms with E-state index in [1.807, 2.05) is 20.9 Å². The van der Waals surface area contributed by atoms with Gasteiger partial charge in [0.2, 0.25) is 0 Å². The first kappa shape index (κ1) is 15.6. The SMILES string of the molecule is CCC1CCC(C#N)(NC(=O)c2c(C)nn(C)c2C)CC1. The Morgan fingerprint density at radius 2 is 2.10 bits per heavy atom. The molecule has 0 spiro atoms. The Kier molecular flexibility index (Phi) is 4.36. The lowest BCUT2D eigenvalue weighted by atomic mass is 9.76. The van der Waals surface area contributed by atoms with E-state index in [2.05, 4.69) is 23.4 Å². The molecule has 0 atom stereocenters. The molecule has 1 aliphatic carbocycles. The Hall–Kier alpha value is -1.83. The van der Waals surface area contributed by atoms with Crippen molar-refractivity contribution in [1.29, 1.82) is 5.26 Å². The first-order valence-electron chi connectivity index (χ1n) is 7.66. The molecule has 0 saturated heterocycles. The van der Waals surface area contributed by atoms with Crippen LogP contribution in [0.4, 0.5) is 0 Å². The lowest BCUT2D eigenvalue weighted by molar-refractivity contribution is 0.0890. The van der Waals surface area contributed by atoms with Gasteiger partial charge in [0.25, 0.3) is 5.91 Å². The van der Waals surface area contributed by atoms with E-state index in [1.165, 1.54) is 0 Å². The van der Waals surface area contributed by atoms with Crippen molar-refractivity contribution in [2.24, 2.45) is 13.0 Å². The molecule has 5 nitrogen and oxygen atoms in total. The van der Waals surface area contributed by atoms with Gasteiger partial charge in [0, 0.05) is 12.7 Å². The largest absolute Gasteiger partial charge is 0.334 e. The van der Waals surface area contributed by atoms with Gasteiger partial charge in [0.1, 0.15) is 5.54 Å². The van der Waals surface area contributed by atoms with Crippen molar-refractivity contribution in [2.45, 2.75) is 58.4 Å². The Morgan fingerprint density at radius 1 is 1.48 bits per heavy atom. The van der Waals surface area contributed by atoms with Crippen LogP contribution in [0.15, 0.2) is 0 Å². The molecular formula is C16H24N4O. The summed E-state index contributed by atoms with van der Waals surface area (Å²) in [7, 11) is 1.83. The second kappa shape index (κ2) is 5.88. The number of aryl methyl sites for hydroxylation is 2. The average molecular weight is 288 g/mol. The summed E-state index contributed by atoms with van der Waals surface area (Å²) in [5.41, 5.74) is 1.44. The second-order valence-electron chi connectivity index (χ2n) is 6.17. The van der Waals surface area contributed by atoms with E-state index in [1.54, 1.807) is 4.68 Å². The van der Waals surface area contributed by atoms with Gasteiger partial charge >= 0.3 is 0 Å². The lowest BCUT2D eigenvalue weighted by Crippen LogP contribution is -2.49. The van der Waals surface area contributed by atoms with Crippen molar-refractivity contribution in [3.63, 3.8) is 0 Å². The fourth-order valence-corrected chi connectivity index (χ4v) is 3.23. The number of hydrogen-bond donors (Lipinski definition) is 1. The molecule has 114 valence electrons. The van der Waals surface area contributed by atoms with Gasteiger partial charge in [-0.3, -0.25) is 9.48 Å². The van der Waals surface area contributed by atoms with E-state index >= 15 is 0 Å². The number of amides is 1. The van der Waals surface area contributed by atoms with Crippen LogP contribution in [-0.4, -0.2) is 21.2 Å². The normalized spacial score (nSPS) is 25.4. The Balaban J connectivity index is 2.16. The summed E-state index contributed by atoms with van der Waals surface area (Å²) < 4.78 is 1.71. The van der Waals surface area contributed by atoms with E-state index in [4.69, 9.17) is 0 Å². The lowest BCUT2D eigenvalue weighted by Gasteiger charge is -2.35. The summed E-state index contributed by atoms with van der Waals surface area (Å²) in [6, 6.07) is 2.35. The molecule has 1 aromatic rings. The highest BCUT2D eigenvalue weighted by molar-refractivity contribution is 5.97. The zero-order valence-electron chi connectivity index (χ0n) is 13.4. The van der Waals surface area contributed by atoms with E-state index < -0.39 is 5.54 Å². The fourth-order valence-electron chi connectivity index (χ4n) is 3.23. The maximum atomic E-state index is 12.6. The summed E-state index contributed by atoms with van der Waals surface area (Å²) in [5.74, 6) is 0.514. The monoisotopic (exact) mass is 288 g/mol. The van der Waals surface area contributed by atoms with E-state index in [9.17, 15) is 10.1 Å². The predicted octanol–water partition coefficient (Wildman–Crippen LogP) is 2.63. The molecule has 0 unspecified atom stereocenters.